The number of methoxy groups -OCH3 is 1. The third kappa shape index (κ3) is 2.98. The highest BCUT2D eigenvalue weighted by Gasteiger charge is 2.22. The number of rotatable bonds is 4. The van der Waals surface area contributed by atoms with Gasteiger partial charge in [-0.05, 0) is 29.8 Å². The summed E-state index contributed by atoms with van der Waals surface area (Å²) in [6.07, 6.45) is 0.801. The zero-order valence-corrected chi connectivity index (χ0v) is 13.1. The quantitative estimate of drug-likeness (QED) is 0.933. The first-order chi connectivity index (χ1) is 10.7. The van der Waals surface area contributed by atoms with E-state index in [0.717, 1.165) is 23.3 Å². The molecule has 0 fully saturated rings. The van der Waals surface area contributed by atoms with E-state index in [4.69, 9.17) is 31.5 Å². The van der Waals surface area contributed by atoms with Crippen LogP contribution in [0, 0.1) is 0 Å². The summed E-state index contributed by atoms with van der Waals surface area (Å²) in [5.41, 5.74) is 8.04. The van der Waals surface area contributed by atoms with Gasteiger partial charge < -0.3 is 19.9 Å². The van der Waals surface area contributed by atoms with Gasteiger partial charge in [0.25, 0.3) is 0 Å². The largest absolute Gasteiger partial charge is 0.497 e. The van der Waals surface area contributed by atoms with E-state index in [-0.39, 0.29) is 6.04 Å². The number of hydrogen-bond acceptors (Lipinski definition) is 4. The van der Waals surface area contributed by atoms with E-state index in [1.165, 1.54) is 0 Å². The molecular weight excluding hydrogens is 302 g/mol. The van der Waals surface area contributed by atoms with Crippen molar-refractivity contribution in [2.45, 2.75) is 19.1 Å². The number of benzene rings is 2. The van der Waals surface area contributed by atoms with E-state index >= 15 is 0 Å². The molecule has 1 aliphatic heterocycles. The number of fused-ring (bicyclic) bond motifs is 1. The standard InChI is InChI=1S/C17H18ClNO3/c1-20-12-4-2-11(3-5-12)10-22-15-7-6-13-14(19)8-9-21-17(13)16(15)18/h2-7,14H,8-10,19H2,1H3. The highest BCUT2D eigenvalue weighted by Crippen LogP contribution is 2.42. The van der Waals surface area contributed by atoms with Crippen LogP contribution in [-0.4, -0.2) is 13.7 Å². The van der Waals surface area contributed by atoms with Crippen molar-refractivity contribution in [2.75, 3.05) is 13.7 Å². The van der Waals surface area contributed by atoms with E-state index in [1.54, 1.807) is 7.11 Å². The SMILES string of the molecule is COc1ccc(COc2ccc3c(c2Cl)OCCC3N)cc1. The molecule has 0 aliphatic carbocycles. The van der Waals surface area contributed by atoms with Gasteiger partial charge in [0.1, 0.15) is 28.9 Å². The summed E-state index contributed by atoms with van der Waals surface area (Å²) < 4.78 is 16.6. The minimum Gasteiger partial charge on any atom is -0.497 e. The zero-order chi connectivity index (χ0) is 15.5. The molecule has 1 atom stereocenters. The number of ether oxygens (including phenoxy) is 3. The Balaban J connectivity index is 1.75. The van der Waals surface area contributed by atoms with Crippen LogP contribution in [0.25, 0.3) is 0 Å². The van der Waals surface area contributed by atoms with Crippen LogP contribution in [0.15, 0.2) is 36.4 Å². The maximum absolute atomic E-state index is 6.38. The molecule has 0 aromatic heterocycles. The number of hydrogen-bond donors (Lipinski definition) is 1. The molecule has 1 heterocycles. The lowest BCUT2D eigenvalue weighted by molar-refractivity contribution is 0.263. The van der Waals surface area contributed by atoms with Crippen LogP contribution in [0.4, 0.5) is 0 Å². The number of halogens is 1. The van der Waals surface area contributed by atoms with E-state index in [1.807, 2.05) is 36.4 Å². The van der Waals surface area contributed by atoms with Gasteiger partial charge in [0.15, 0.2) is 0 Å². The lowest BCUT2D eigenvalue weighted by Gasteiger charge is -2.24. The molecule has 0 saturated carbocycles. The molecule has 4 nitrogen and oxygen atoms in total. The average molecular weight is 320 g/mol. The molecule has 0 spiro atoms. The number of nitrogens with two attached hydrogens (primary N) is 1. The predicted octanol–water partition coefficient (Wildman–Crippen LogP) is 3.71. The molecule has 3 rings (SSSR count). The first-order valence-corrected chi connectivity index (χ1v) is 7.53. The Morgan fingerprint density at radius 1 is 1.23 bits per heavy atom. The molecule has 0 bridgehead atoms. The minimum atomic E-state index is -0.0307. The van der Waals surface area contributed by atoms with Crippen LogP contribution >= 0.6 is 11.6 Å². The molecule has 2 aromatic carbocycles. The summed E-state index contributed by atoms with van der Waals surface area (Å²) >= 11 is 6.38. The summed E-state index contributed by atoms with van der Waals surface area (Å²) in [4.78, 5) is 0. The first kappa shape index (κ1) is 15.0. The van der Waals surface area contributed by atoms with Crippen LogP contribution in [0.2, 0.25) is 5.02 Å². The predicted molar refractivity (Wildman–Crippen MR) is 85.8 cm³/mol. The van der Waals surface area contributed by atoms with Crippen molar-refractivity contribution in [1.82, 2.24) is 0 Å². The molecule has 2 aromatic rings. The summed E-state index contributed by atoms with van der Waals surface area (Å²) in [6, 6.07) is 11.4. The van der Waals surface area contributed by atoms with Gasteiger partial charge in [-0.15, -0.1) is 0 Å². The van der Waals surface area contributed by atoms with Crippen LogP contribution in [-0.2, 0) is 6.61 Å². The third-order valence-corrected chi connectivity index (χ3v) is 4.08. The molecule has 1 unspecified atom stereocenters. The maximum atomic E-state index is 6.38. The van der Waals surface area contributed by atoms with Crippen molar-refractivity contribution in [3.63, 3.8) is 0 Å². The van der Waals surface area contributed by atoms with Crippen LogP contribution in [0.5, 0.6) is 17.2 Å². The highest BCUT2D eigenvalue weighted by molar-refractivity contribution is 6.33. The zero-order valence-electron chi connectivity index (χ0n) is 12.3. The smallest absolute Gasteiger partial charge is 0.146 e. The molecule has 5 heteroatoms. The van der Waals surface area contributed by atoms with Crippen molar-refractivity contribution < 1.29 is 14.2 Å². The first-order valence-electron chi connectivity index (χ1n) is 7.15. The third-order valence-electron chi connectivity index (χ3n) is 3.72. The topological polar surface area (TPSA) is 53.7 Å². The summed E-state index contributed by atoms with van der Waals surface area (Å²) in [7, 11) is 1.64. The second kappa shape index (κ2) is 6.46. The Morgan fingerprint density at radius 3 is 2.73 bits per heavy atom. The highest BCUT2D eigenvalue weighted by atomic mass is 35.5. The van der Waals surface area contributed by atoms with E-state index in [2.05, 4.69) is 0 Å². The van der Waals surface area contributed by atoms with Crippen molar-refractivity contribution >= 4 is 11.6 Å². The fourth-order valence-corrected chi connectivity index (χ4v) is 2.71. The molecule has 2 N–H and O–H groups in total. The Bertz CT molecular complexity index is 658. The lowest BCUT2D eigenvalue weighted by atomic mass is 10.0. The summed E-state index contributed by atoms with van der Waals surface area (Å²) in [5.74, 6) is 2.07. The van der Waals surface area contributed by atoms with Crippen LogP contribution in [0.3, 0.4) is 0 Å². The Hall–Kier alpha value is -1.91. The molecule has 1 aliphatic rings. The van der Waals surface area contributed by atoms with Gasteiger partial charge in [0, 0.05) is 18.0 Å². The fourth-order valence-electron chi connectivity index (χ4n) is 2.43. The Labute approximate surface area is 134 Å². The second-order valence-corrected chi connectivity index (χ2v) is 5.55. The van der Waals surface area contributed by atoms with E-state index < -0.39 is 0 Å². The van der Waals surface area contributed by atoms with Gasteiger partial charge in [-0.3, -0.25) is 0 Å². The second-order valence-electron chi connectivity index (χ2n) is 5.18. The minimum absolute atomic E-state index is 0.0307. The Kier molecular flexibility index (Phi) is 4.41. The van der Waals surface area contributed by atoms with Crippen molar-refractivity contribution in [1.29, 1.82) is 0 Å². The van der Waals surface area contributed by atoms with Crippen molar-refractivity contribution in [3.8, 4) is 17.2 Å². The van der Waals surface area contributed by atoms with E-state index in [9.17, 15) is 0 Å². The normalized spacial score (nSPS) is 16.6. The van der Waals surface area contributed by atoms with Gasteiger partial charge >= 0.3 is 0 Å². The fraction of sp³-hybridized carbons (Fsp3) is 0.294. The Morgan fingerprint density at radius 2 is 2.00 bits per heavy atom. The molecular formula is C17H18ClNO3. The van der Waals surface area contributed by atoms with Crippen LogP contribution in [0.1, 0.15) is 23.6 Å². The lowest BCUT2D eigenvalue weighted by Crippen LogP contribution is -2.20. The van der Waals surface area contributed by atoms with Crippen LogP contribution < -0.4 is 19.9 Å². The summed E-state index contributed by atoms with van der Waals surface area (Å²) in [5, 5.41) is 0.487. The average Bonchev–Trinajstić information content (AvgIpc) is 2.55. The molecule has 0 amide bonds. The molecule has 0 radical (unpaired) electrons. The van der Waals surface area contributed by atoms with Gasteiger partial charge in [-0.1, -0.05) is 23.7 Å². The van der Waals surface area contributed by atoms with Gasteiger partial charge in [0.05, 0.1) is 13.7 Å². The maximum Gasteiger partial charge on any atom is 0.146 e. The van der Waals surface area contributed by atoms with Crippen molar-refractivity contribution in [2.24, 2.45) is 5.73 Å². The molecule has 116 valence electrons. The monoisotopic (exact) mass is 319 g/mol. The van der Waals surface area contributed by atoms with E-state index in [0.29, 0.717) is 29.7 Å². The summed E-state index contributed by atoms with van der Waals surface area (Å²) in [6.45, 7) is 1.00. The molecule has 0 saturated heterocycles. The molecule has 22 heavy (non-hydrogen) atoms. The van der Waals surface area contributed by atoms with Gasteiger partial charge in [-0.2, -0.15) is 0 Å². The van der Waals surface area contributed by atoms with Gasteiger partial charge in [-0.25, -0.2) is 0 Å². The van der Waals surface area contributed by atoms with Crippen molar-refractivity contribution in [3.05, 3.63) is 52.5 Å². The van der Waals surface area contributed by atoms with Gasteiger partial charge in [0.2, 0.25) is 0 Å².